The van der Waals surface area contributed by atoms with Gasteiger partial charge >= 0.3 is 5.69 Å². The fraction of sp³-hybridized carbons (Fsp3) is 0.225. The maximum absolute atomic E-state index is 13.8. The number of hydrogen-bond acceptors (Lipinski definition) is 20. The van der Waals surface area contributed by atoms with Crippen LogP contribution in [0.3, 0.4) is 0 Å². The van der Waals surface area contributed by atoms with Crippen LogP contribution in [0.2, 0.25) is 5.02 Å². The minimum absolute atomic E-state index is 0.00229. The molecule has 18 aromatic rings. The summed E-state index contributed by atoms with van der Waals surface area (Å²) in [4.78, 5) is 179. The molecule has 0 fully saturated rings. The predicted octanol–water partition coefficient (Wildman–Crippen LogP) is 12.6. The standard InChI is InChI=1S/C30H24N6O3.C28H24N6O2.C27H20N6O2.C26H18ClN7O3/c31-15-30-13-24(37)34-21-4-1-5-23(25(21)30)36(28(30)39)14-19-7-6-16-9-17-11-29(12-18(17)10-22(16)33-19)20-3-2-8-32-26(20)35-27(29)38;35-24-7-6-15-13-34(22-5-1-4-19(32-24)25(15)22)14-23-30-20-9-16-11-28(12-17(16)10-21(20)31-23)18-3-2-8-29-26(18)33-27(28)36;34-23-13-33-12-16(17-3-1-5-19(31-23)24(17)33)9-22-29-20-7-14-10-27(11-15(14)8-21(20)30-22)18-4-2-6-28-25(18)32-26(27)35;27-15-3-4-18-22-21(15)31-20(35)11-34(22)25(37)33(18)10-19-29-16-6-12-8-26(9-13(12)7-17(16)30-19)14-2-1-5-28-23(14)32-24(26)36/h1-10H,11-15,31H2,(H,34,37)(H,32,35,38);1-5,8-10,15H,6-7,11-14H2,(H,30,31)(H,32,35)(H,29,33,36);1-8,12H,9-11,13H2,(H,29,30)(H,31,34)(H,28,32,35);1-7H,8-11H2,(H,29,30)(H,31,35)(H,28,32,36). The van der Waals surface area contributed by atoms with Crippen LogP contribution in [0, 0.1) is 0 Å². The maximum atomic E-state index is 13.8. The average Bonchev–Trinajstić information content (AvgIpc) is 1.56. The number of aromatic amines is 3. The van der Waals surface area contributed by atoms with E-state index in [9.17, 15) is 47.9 Å². The highest BCUT2D eigenvalue weighted by Gasteiger charge is 2.58. The number of imidazole rings is 4. The van der Waals surface area contributed by atoms with Gasteiger partial charge in [0, 0.05) is 130 Å². The molecule has 0 saturated heterocycles. The zero-order valence-corrected chi connectivity index (χ0v) is 79.2. The molecule has 722 valence electrons. The average molecular weight is 1970 g/mol. The highest BCUT2D eigenvalue weighted by molar-refractivity contribution is 6.35. The largest absolute Gasteiger partial charge is 0.363 e. The molecule has 10 aromatic heterocycles. The topological polar surface area (TPSA) is 465 Å². The van der Waals surface area contributed by atoms with Gasteiger partial charge in [-0.1, -0.05) is 66.2 Å². The zero-order chi connectivity index (χ0) is 98.9. The Morgan fingerprint density at radius 1 is 0.422 bits per heavy atom. The SMILES string of the molecule is NCC12CC(=O)Nc3cccc(c31)N(Cc1ccc3cc4c(cc3n1)CC1(C4)C(=O)Nc3ncccc31)C2=O.O=C1CCC2CN(Cc3nc4cc5c(cc4[nH]3)CC3(C5)C(=O)Nc4ncccc43)c3cccc(c32)N1.O=C1Cn2c(=O)n(Cc3nc4cc5c(cc4[nH]3)CC3(C5)C(=O)Nc4ncccc43)c3ccc(Cl)c(c32)N1.O=C1Cn2cc(Cc3nc4cc5c(cc4[nH]3)CC3(C5)C(=O)Nc4ncccc43)c3cccc(c32)N1. The van der Waals surface area contributed by atoms with Crippen molar-refractivity contribution in [1.82, 2.24) is 68.5 Å². The van der Waals surface area contributed by atoms with Gasteiger partial charge in [0.25, 0.3) is 0 Å². The molecule has 13 N–H and O–H groups in total. The first-order valence-corrected chi connectivity index (χ1v) is 49.6. The van der Waals surface area contributed by atoms with Crippen LogP contribution in [0.1, 0.15) is 132 Å². The summed E-state index contributed by atoms with van der Waals surface area (Å²) in [5, 5.41) is 26.0. The molecule has 10 aliphatic heterocycles. The molecule has 14 aliphatic rings. The second-order valence-corrected chi connectivity index (χ2v) is 41.7. The van der Waals surface area contributed by atoms with E-state index < -0.39 is 27.1 Å². The first kappa shape index (κ1) is 86.0. The lowest BCUT2D eigenvalue weighted by Gasteiger charge is -2.31. The number of H-pyrrole nitrogens is 3. The number of nitrogens with zero attached hydrogens (tertiary/aromatic N) is 13. The first-order chi connectivity index (χ1) is 71.5. The van der Waals surface area contributed by atoms with Crippen molar-refractivity contribution in [2.45, 2.75) is 143 Å². The number of hydrogen-bond donors (Lipinski definition) is 12. The minimum Gasteiger partial charge on any atom is -0.363 e. The van der Waals surface area contributed by atoms with Gasteiger partial charge in [-0.3, -0.25) is 57.3 Å². The molecule has 20 heterocycles. The lowest BCUT2D eigenvalue weighted by Crippen LogP contribution is -2.49. The summed E-state index contributed by atoms with van der Waals surface area (Å²) in [6.45, 7) is 2.38. The van der Waals surface area contributed by atoms with Gasteiger partial charge < -0.3 is 77.6 Å². The Morgan fingerprint density at radius 2 is 0.912 bits per heavy atom. The Labute approximate surface area is 837 Å². The van der Waals surface area contributed by atoms with Crippen LogP contribution in [0.25, 0.3) is 65.9 Å². The smallest absolute Gasteiger partial charge is 0.330 e. The van der Waals surface area contributed by atoms with Crippen molar-refractivity contribution in [2.24, 2.45) is 5.73 Å². The Hall–Kier alpha value is -17.7. The molecule has 4 spiro atoms. The number of carbonyl (C=O) groups excluding carboxylic acids is 9. The van der Waals surface area contributed by atoms with Gasteiger partial charge in [-0.25, -0.2) is 39.7 Å². The third kappa shape index (κ3) is 12.8. The normalized spacial score (nSPS) is 19.8. The van der Waals surface area contributed by atoms with Crippen molar-refractivity contribution >= 4 is 188 Å². The van der Waals surface area contributed by atoms with E-state index in [0.29, 0.717) is 140 Å². The molecule has 6 atom stereocenters. The highest BCUT2D eigenvalue weighted by atomic mass is 35.5. The fourth-order valence-corrected chi connectivity index (χ4v) is 26.5. The van der Waals surface area contributed by atoms with Crippen LogP contribution in [0.4, 0.5) is 57.4 Å². The number of para-hydroxylation sites is 1. The lowest BCUT2D eigenvalue weighted by molar-refractivity contribution is -0.127. The van der Waals surface area contributed by atoms with Gasteiger partial charge in [0.1, 0.15) is 53.8 Å². The van der Waals surface area contributed by atoms with Crippen molar-refractivity contribution in [1.29, 1.82) is 0 Å². The Bertz CT molecular complexity index is 9070. The summed E-state index contributed by atoms with van der Waals surface area (Å²) in [6.07, 6.45) is 16.0. The van der Waals surface area contributed by atoms with Crippen LogP contribution in [-0.4, -0.2) is 135 Å². The number of nitrogens with two attached hydrogens (primary N) is 1. The van der Waals surface area contributed by atoms with Crippen molar-refractivity contribution in [3.05, 3.63) is 329 Å². The number of aromatic nitrogens is 14. The second kappa shape index (κ2) is 31.1. The van der Waals surface area contributed by atoms with Crippen LogP contribution in [-0.2, 0) is 161 Å². The molecular formula is C111H86ClN25O10. The van der Waals surface area contributed by atoms with E-state index in [-0.39, 0.29) is 91.5 Å². The molecule has 32 rings (SSSR count). The van der Waals surface area contributed by atoms with Gasteiger partial charge in [-0.05, 0) is 229 Å². The van der Waals surface area contributed by atoms with Gasteiger partial charge in [0.05, 0.1) is 130 Å². The molecule has 0 saturated carbocycles. The number of carbonyl (C=O) groups is 9. The van der Waals surface area contributed by atoms with E-state index in [1.807, 2.05) is 114 Å². The van der Waals surface area contributed by atoms with Crippen molar-refractivity contribution < 1.29 is 43.2 Å². The Morgan fingerprint density at radius 3 is 1.48 bits per heavy atom. The Balaban J connectivity index is 0.0000000927. The number of pyridine rings is 5. The molecule has 4 aliphatic carbocycles. The summed E-state index contributed by atoms with van der Waals surface area (Å²) >= 11 is 6.29. The number of halogens is 1. The van der Waals surface area contributed by atoms with Crippen LogP contribution < -0.4 is 63.8 Å². The number of anilines is 10. The van der Waals surface area contributed by atoms with Gasteiger partial charge in [-0.15, -0.1) is 0 Å². The maximum Gasteiger partial charge on any atom is 0.330 e. The molecular weight excluding hydrogens is 1880 g/mol. The Kier molecular flexibility index (Phi) is 18.2. The summed E-state index contributed by atoms with van der Waals surface area (Å²) < 4.78 is 5.07. The molecule has 35 nitrogen and oxygen atoms in total. The van der Waals surface area contributed by atoms with Gasteiger partial charge in [0.15, 0.2) is 0 Å². The number of benzene rings is 8. The quantitative estimate of drug-likeness (QED) is 0.0638. The number of rotatable bonds is 9. The van der Waals surface area contributed by atoms with Gasteiger partial charge in [-0.2, -0.15) is 0 Å². The van der Waals surface area contributed by atoms with Crippen molar-refractivity contribution in [2.75, 3.05) is 65.4 Å². The fourth-order valence-electron chi connectivity index (χ4n) is 26.3. The number of amides is 9. The van der Waals surface area contributed by atoms with E-state index in [1.165, 1.54) is 38.1 Å². The summed E-state index contributed by atoms with van der Waals surface area (Å²) in [6, 6.07) is 57.6. The van der Waals surface area contributed by atoms with Crippen LogP contribution in [0.5, 0.6) is 0 Å². The molecule has 8 aromatic carbocycles. The number of fused-ring (bicyclic) bond motifs is 16. The van der Waals surface area contributed by atoms with Gasteiger partial charge in [0.2, 0.25) is 53.2 Å². The summed E-state index contributed by atoms with van der Waals surface area (Å²) in [5.74, 6) is 4.93. The van der Waals surface area contributed by atoms with E-state index >= 15 is 0 Å². The molecule has 9 amide bonds. The lowest BCUT2D eigenvalue weighted by atomic mass is 9.75. The van der Waals surface area contributed by atoms with E-state index in [2.05, 4.69) is 143 Å². The predicted molar refractivity (Wildman–Crippen MR) is 550 cm³/mol. The third-order valence-electron chi connectivity index (χ3n) is 32.9. The van der Waals surface area contributed by atoms with E-state index in [0.717, 1.165) is 158 Å². The van der Waals surface area contributed by atoms with E-state index in [4.69, 9.17) is 37.3 Å². The molecule has 36 heteroatoms. The first-order valence-electron chi connectivity index (χ1n) is 49.2. The molecule has 0 bridgehead atoms. The minimum atomic E-state index is -1.05. The summed E-state index contributed by atoms with van der Waals surface area (Å²) in [5.41, 5.74) is 32.8. The van der Waals surface area contributed by atoms with Crippen LogP contribution in [0.15, 0.2) is 212 Å². The van der Waals surface area contributed by atoms with Crippen molar-refractivity contribution in [3.8, 4) is 0 Å². The third-order valence-corrected chi connectivity index (χ3v) is 33.2. The molecule has 6 unspecified atom stereocenters. The zero-order valence-electron chi connectivity index (χ0n) is 78.5. The molecule has 0 radical (unpaired) electrons. The monoisotopic (exact) mass is 1960 g/mol. The second-order valence-electron chi connectivity index (χ2n) is 41.2. The van der Waals surface area contributed by atoms with Crippen LogP contribution >= 0.6 is 11.6 Å². The highest BCUT2D eigenvalue weighted by Crippen LogP contribution is 2.56. The number of nitrogens with one attached hydrogen (secondary N) is 11. The van der Waals surface area contributed by atoms with E-state index in [1.54, 1.807) is 46.4 Å². The molecule has 147 heavy (non-hydrogen) atoms. The summed E-state index contributed by atoms with van der Waals surface area (Å²) in [7, 11) is 0. The van der Waals surface area contributed by atoms with Crippen molar-refractivity contribution in [3.63, 3.8) is 0 Å².